The first-order chi connectivity index (χ1) is 8.12. The van der Waals surface area contributed by atoms with E-state index in [1.165, 1.54) is 32.4 Å². The average Bonchev–Trinajstić information content (AvgIpc) is 2.40. The summed E-state index contributed by atoms with van der Waals surface area (Å²) in [5, 5.41) is 4.85. The van der Waals surface area contributed by atoms with Gasteiger partial charge in [0.25, 0.3) is 0 Å². The Hall–Kier alpha value is -0.160. The Morgan fingerprint density at radius 1 is 0.941 bits per heavy atom. The fourth-order valence-electron chi connectivity index (χ4n) is 2.85. The molecule has 2 rings (SSSR count). The molecule has 2 aliphatic heterocycles. The summed E-state index contributed by atoms with van der Waals surface area (Å²) >= 11 is 0. The van der Waals surface area contributed by atoms with Crippen LogP contribution in [0.15, 0.2) is 0 Å². The molecule has 0 unspecified atom stereocenters. The Labute approximate surface area is 105 Å². The predicted octanol–water partition coefficient (Wildman–Crippen LogP) is 1.39. The maximum absolute atomic E-state index is 5.43. The minimum absolute atomic E-state index is 0.123. The van der Waals surface area contributed by atoms with Gasteiger partial charge >= 0.3 is 0 Å². The molecule has 0 bridgehead atoms. The molecule has 17 heavy (non-hydrogen) atoms. The molecule has 0 atom stereocenters. The third-order valence-electron chi connectivity index (χ3n) is 4.33. The number of likely N-dealkylation sites (tertiary alicyclic amines) is 1. The van der Waals surface area contributed by atoms with E-state index < -0.39 is 0 Å². The Balaban J connectivity index is 1.96. The van der Waals surface area contributed by atoms with E-state index in [9.17, 15) is 0 Å². The van der Waals surface area contributed by atoms with Gasteiger partial charge in [-0.1, -0.05) is 6.42 Å². The van der Waals surface area contributed by atoms with Crippen molar-refractivity contribution in [3.05, 3.63) is 0 Å². The number of hydrogen-bond acceptors (Lipinski definition) is 4. The standard InChI is InChI=1S/C13H27N3O/c1-13(2,15-7-5-4-6-8-15)14(3)16-9-11-17-12-10-16/h4-12H2,1-3H3. The first kappa shape index (κ1) is 13.3. The van der Waals surface area contributed by atoms with Crippen molar-refractivity contribution in [3.63, 3.8) is 0 Å². The van der Waals surface area contributed by atoms with Crippen LogP contribution < -0.4 is 0 Å². The zero-order valence-corrected chi connectivity index (χ0v) is 11.6. The van der Waals surface area contributed by atoms with Crippen LogP contribution in [0.2, 0.25) is 0 Å². The quantitative estimate of drug-likeness (QED) is 0.743. The highest BCUT2D eigenvalue weighted by molar-refractivity contribution is 4.82. The number of nitrogens with zero attached hydrogens (tertiary/aromatic N) is 3. The minimum atomic E-state index is 0.123. The molecule has 100 valence electrons. The number of ether oxygens (including phenoxy) is 1. The van der Waals surface area contributed by atoms with Gasteiger partial charge < -0.3 is 4.74 Å². The Morgan fingerprint density at radius 2 is 1.53 bits per heavy atom. The molecule has 4 nitrogen and oxygen atoms in total. The van der Waals surface area contributed by atoms with Crippen molar-refractivity contribution >= 4 is 0 Å². The molecule has 2 heterocycles. The van der Waals surface area contributed by atoms with E-state index in [1.54, 1.807) is 0 Å². The zero-order valence-electron chi connectivity index (χ0n) is 11.6. The summed E-state index contributed by atoms with van der Waals surface area (Å²) in [6, 6.07) is 0. The summed E-state index contributed by atoms with van der Waals surface area (Å²) in [6.45, 7) is 10.9. The van der Waals surface area contributed by atoms with Gasteiger partial charge in [0.15, 0.2) is 0 Å². The molecule has 4 heteroatoms. The topological polar surface area (TPSA) is 19.0 Å². The Morgan fingerprint density at radius 3 is 2.12 bits per heavy atom. The molecule has 0 aromatic carbocycles. The molecule has 0 saturated carbocycles. The van der Waals surface area contributed by atoms with Gasteiger partial charge in [-0.2, -0.15) is 0 Å². The summed E-state index contributed by atoms with van der Waals surface area (Å²) in [7, 11) is 2.22. The Bertz CT molecular complexity index is 233. The number of piperidine rings is 1. The van der Waals surface area contributed by atoms with E-state index >= 15 is 0 Å². The molecule has 2 aliphatic rings. The lowest BCUT2D eigenvalue weighted by Crippen LogP contribution is -2.63. The van der Waals surface area contributed by atoms with E-state index in [-0.39, 0.29) is 5.66 Å². The maximum Gasteiger partial charge on any atom is 0.0812 e. The third-order valence-corrected chi connectivity index (χ3v) is 4.33. The molecule has 0 aliphatic carbocycles. The summed E-state index contributed by atoms with van der Waals surface area (Å²) in [6.07, 6.45) is 4.09. The van der Waals surface area contributed by atoms with Gasteiger partial charge in [-0.3, -0.25) is 4.90 Å². The van der Waals surface area contributed by atoms with Gasteiger partial charge in [0.2, 0.25) is 0 Å². The van der Waals surface area contributed by atoms with E-state index in [1.807, 2.05) is 0 Å². The van der Waals surface area contributed by atoms with Crippen molar-refractivity contribution in [1.82, 2.24) is 14.9 Å². The number of rotatable bonds is 3. The number of morpholine rings is 1. The van der Waals surface area contributed by atoms with Gasteiger partial charge in [0.05, 0.1) is 18.9 Å². The van der Waals surface area contributed by atoms with E-state index in [0.717, 1.165) is 26.3 Å². The van der Waals surface area contributed by atoms with Crippen LogP contribution in [0.3, 0.4) is 0 Å². The summed E-state index contributed by atoms with van der Waals surface area (Å²) in [5.74, 6) is 0. The monoisotopic (exact) mass is 241 g/mol. The third kappa shape index (κ3) is 2.99. The molecule has 0 amide bonds. The van der Waals surface area contributed by atoms with Crippen LogP contribution in [0, 0.1) is 0 Å². The fraction of sp³-hybridized carbons (Fsp3) is 1.00. The molecule has 0 aromatic rings. The van der Waals surface area contributed by atoms with Gasteiger partial charge in [-0.05, 0) is 39.8 Å². The molecule has 0 aromatic heterocycles. The van der Waals surface area contributed by atoms with Crippen molar-refractivity contribution in [2.75, 3.05) is 46.4 Å². The predicted molar refractivity (Wildman–Crippen MR) is 69.7 cm³/mol. The fourth-order valence-corrected chi connectivity index (χ4v) is 2.85. The second kappa shape index (κ2) is 5.65. The molecular formula is C13H27N3O. The highest BCUT2D eigenvalue weighted by Crippen LogP contribution is 2.24. The van der Waals surface area contributed by atoms with Crippen molar-refractivity contribution in [2.45, 2.75) is 38.8 Å². The highest BCUT2D eigenvalue weighted by atomic mass is 16.5. The Kier molecular flexibility index (Phi) is 4.42. The van der Waals surface area contributed by atoms with Crippen LogP contribution >= 0.6 is 0 Å². The second-order valence-corrected chi connectivity index (χ2v) is 5.63. The van der Waals surface area contributed by atoms with Crippen molar-refractivity contribution in [1.29, 1.82) is 0 Å². The molecule has 0 spiro atoms. The van der Waals surface area contributed by atoms with Gasteiger partial charge in [-0.15, -0.1) is 0 Å². The highest BCUT2D eigenvalue weighted by Gasteiger charge is 2.35. The second-order valence-electron chi connectivity index (χ2n) is 5.63. The summed E-state index contributed by atoms with van der Waals surface area (Å²) in [4.78, 5) is 2.62. The van der Waals surface area contributed by atoms with Gasteiger partial charge in [-0.25, -0.2) is 10.0 Å². The van der Waals surface area contributed by atoms with Crippen LogP contribution in [-0.2, 0) is 4.74 Å². The minimum Gasteiger partial charge on any atom is -0.379 e. The summed E-state index contributed by atoms with van der Waals surface area (Å²) in [5.41, 5.74) is 0.123. The lowest BCUT2D eigenvalue weighted by atomic mass is 10.1. The number of hydrazine groups is 1. The first-order valence-electron chi connectivity index (χ1n) is 6.94. The maximum atomic E-state index is 5.43. The van der Waals surface area contributed by atoms with E-state index in [4.69, 9.17) is 4.74 Å². The lowest BCUT2D eigenvalue weighted by Gasteiger charge is -2.51. The largest absolute Gasteiger partial charge is 0.379 e. The van der Waals surface area contributed by atoms with E-state index in [2.05, 4.69) is 35.8 Å². The van der Waals surface area contributed by atoms with Crippen LogP contribution in [0.4, 0.5) is 0 Å². The summed E-state index contributed by atoms with van der Waals surface area (Å²) < 4.78 is 5.43. The van der Waals surface area contributed by atoms with Crippen molar-refractivity contribution in [3.8, 4) is 0 Å². The lowest BCUT2D eigenvalue weighted by molar-refractivity contribution is -0.173. The van der Waals surface area contributed by atoms with Crippen molar-refractivity contribution < 1.29 is 4.74 Å². The first-order valence-corrected chi connectivity index (χ1v) is 6.94. The van der Waals surface area contributed by atoms with Crippen molar-refractivity contribution in [2.24, 2.45) is 0 Å². The SMILES string of the molecule is CN(N1CCOCC1)C(C)(C)N1CCCCC1. The van der Waals surface area contributed by atoms with Crippen LogP contribution in [0.5, 0.6) is 0 Å². The smallest absolute Gasteiger partial charge is 0.0812 e. The van der Waals surface area contributed by atoms with Crippen LogP contribution in [-0.4, -0.2) is 67.0 Å². The van der Waals surface area contributed by atoms with Crippen LogP contribution in [0.25, 0.3) is 0 Å². The molecule has 2 saturated heterocycles. The molecular weight excluding hydrogens is 214 g/mol. The molecule has 0 N–H and O–H groups in total. The normalized spacial score (nSPS) is 25.4. The molecule has 2 fully saturated rings. The molecule has 0 radical (unpaired) electrons. The van der Waals surface area contributed by atoms with Gasteiger partial charge in [0, 0.05) is 20.1 Å². The number of hydrogen-bond donors (Lipinski definition) is 0. The van der Waals surface area contributed by atoms with Crippen LogP contribution in [0.1, 0.15) is 33.1 Å². The zero-order chi connectivity index (χ0) is 12.3. The van der Waals surface area contributed by atoms with Gasteiger partial charge in [0.1, 0.15) is 0 Å². The average molecular weight is 241 g/mol. The van der Waals surface area contributed by atoms with E-state index in [0.29, 0.717) is 0 Å².